The van der Waals surface area contributed by atoms with Crippen LogP contribution in [-0.2, 0) is 0 Å². The van der Waals surface area contributed by atoms with Gasteiger partial charge in [-0.3, -0.25) is 0 Å². The van der Waals surface area contributed by atoms with Crippen molar-refractivity contribution in [3.8, 4) is 0 Å². The van der Waals surface area contributed by atoms with Crippen LogP contribution >= 0.6 is 11.8 Å². The first-order chi connectivity index (χ1) is 5.38. The molecular weight excluding hydrogens is 158 g/mol. The third-order valence-corrected chi connectivity index (χ3v) is 2.59. The lowest BCUT2D eigenvalue weighted by atomic mass is 10.1. The molecule has 2 N–H and O–H groups in total. The molecule has 0 unspecified atom stereocenters. The maximum absolute atomic E-state index is 9.39. The molecule has 58 valence electrons. The molecule has 0 radical (unpaired) electrons. The first kappa shape index (κ1) is 6.85. The smallest absolute Gasteiger partial charge is 0.145 e. The van der Waals surface area contributed by atoms with E-state index in [9.17, 15) is 5.11 Å². The van der Waals surface area contributed by atoms with Gasteiger partial charge < -0.3 is 10.4 Å². The first-order valence-electron chi connectivity index (χ1n) is 3.52. The summed E-state index contributed by atoms with van der Waals surface area (Å²) >= 11 is 1.63. The molecule has 2 heterocycles. The molecule has 0 aromatic rings. The van der Waals surface area contributed by atoms with E-state index in [2.05, 4.69) is 17.5 Å². The van der Waals surface area contributed by atoms with E-state index in [4.69, 9.17) is 0 Å². The van der Waals surface area contributed by atoms with E-state index in [-0.39, 0.29) is 0 Å². The molecule has 0 aromatic carbocycles. The molecule has 0 saturated heterocycles. The molecule has 0 amide bonds. The maximum Gasteiger partial charge on any atom is 0.145 e. The Morgan fingerprint density at radius 1 is 1.55 bits per heavy atom. The van der Waals surface area contributed by atoms with Gasteiger partial charge in [-0.25, -0.2) is 0 Å². The van der Waals surface area contributed by atoms with Gasteiger partial charge >= 0.3 is 0 Å². The summed E-state index contributed by atoms with van der Waals surface area (Å²) in [6, 6.07) is 0. The number of dihydropyridines is 1. The van der Waals surface area contributed by atoms with Crippen molar-refractivity contribution in [1.82, 2.24) is 5.32 Å². The van der Waals surface area contributed by atoms with E-state index in [0.29, 0.717) is 5.76 Å². The van der Waals surface area contributed by atoms with Crippen molar-refractivity contribution in [2.75, 3.05) is 12.3 Å². The largest absolute Gasteiger partial charge is 0.505 e. The Morgan fingerprint density at radius 2 is 2.45 bits per heavy atom. The molecule has 2 aliphatic rings. The number of aliphatic hydroxyl groups is 1. The van der Waals surface area contributed by atoms with Crippen molar-refractivity contribution in [3.63, 3.8) is 0 Å². The molecule has 0 saturated carbocycles. The Bertz CT molecular complexity index is 265. The maximum atomic E-state index is 9.39. The fourth-order valence-corrected chi connectivity index (χ4v) is 1.98. The quantitative estimate of drug-likeness (QED) is 0.574. The number of aliphatic hydroxyl groups excluding tert-OH is 1. The number of hydrogen-bond acceptors (Lipinski definition) is 3. The summed E-state index contributed by atoms with van der Waals surface area (Å²) in [5.74, 6) is 1.34. The Labute approximate surface area is 69.7 Å². The molecule has 0 atom stereocenters. The Morgan fingerprint density at radius 3 is 3.27 bits per heavy atom. The van der Waals surface area contributed by atoms with Gasteiger partial charge in [0.25, 0.3) is 0 Å². The monoisotopic (exact) mass is 167 g/mol. The van der Waals surface area contributed by atoms with Crippen LogP contribution in [0.3, 0.4) is 0 Å². The zero-order valence-electron chi connectivity index (χ0n) is 6.00. The minimum Gasteiger partial charge on any atom is -0.505 e. The van der Waals surface area contributed by atoms with Gasteiger partial charge in [0.05, 0.1) is 5.70 Å². The van der Waals surface area contributed by atoms with E-state index < -0.39 is 0 Å². The molecule has 2 nitrogen and oxygen atoms in total. The molecule has 0 aliphatic carbocycles. The highest BCUT2D eigenvalue weighted by Gasteiger charge is 2.14. The molecule has 0 bridgehead atoms. The van der Waals surface area contributed by atoms with E-state index >= 15 is 0 Å². The Hall–Kier alpha value is -0.830. The van der Waals surface area contributed by atoms with Crippen LogP contribution in [0, 0.1) is 0 Å². The highest BCUT2D eigenvalue weighted by atomic mass is 32.2. The van der Waals surface area contributed by atoms with Crippen LogP contribution in [-0.4, -0.2) is 17.4 Å². The number of rotatable bonds is 0. The minimum absolute atomic E-state index is 0.376. The van der Waals surface area contributed by atoms with Crippen LogP contribution in [0.25, 0.3) is 0 Å². The van der Waals surface area contributed by atoms with Crippen molar-refractivity contribution in [2.24, 2.45) is 0 Å². The van der Waals surface area contributed by atoms with E-state index in [0.717, 1.165) is 18.0 Å². The molecule has 2 rings (SSSR count). The number of hydrogen-bond donors (Lipinski definition) is 2. The topological polar surface area (TPSA) is 32.3 Å². The summed E-state index contributed by atoms with van der Waals surface area (Å²) in [5.41, 5.74) is 2.10. The fourth-order valence-electron chi connectivity index (χ4n) is 1.20. The van der Waals surface area contributed by atoms with Crippen molar-refractivity contribution >= 4 is 11.8 Å². The van der Waals surface area contributed by atoms with Gasteiger partial charge in [0.1, 0.15) is 5.76 Å². The predicted octanol–water partition coefficient (Wildman–Crippen LogP) is 1.55. The minimum atomic E-state index is 0.376. The molecule has 0 aromatic heterocycles. The second kappa shape index (κ2) is 2.66. The summed E-state index contributed by atoms with van der Waals surface area (Å²) in [6.45, 7) is 0.821. The first-order valence-corrected chi connectivity index (χ1v) is 4.57. The zero-order chi connectivity index (χ0) is 7.68. The number of thioether (sulfide) groups is 1. The fraction of sp³-hybridized carbons (Fsp3) is 0.250. The van der Waals surface area contributed by atoms with Gasteiger partial charge in [-0.1, -0.05) is 12.2 Å². The highest BCUT2D eigenvalue weighted by molar-refractivity contribution is 8.02. The lowest BCUT2D eigenvalue weighted by Gasteiger charge is -2.19. The van der Waals surface area contributed by atoms with Gasteiger partial charge in [-0.15, -0.1) is 11.8 Å². The highest BCUT2D eigenvalue weighted by Crippen LogP contribution is 2.26. The van der Waals surface area contributed by atoms with Crippen molar-refractivity contribution < 1.29 is 5.11 Å². The molecule has 11 heavy (non-hydrogen) atoms. The van der Waals surface area contributed by atoms with Crippen molar-refractivity contribution in [2.45, 2.75) is 0 Å². The summed E-state index contributed by atoms with van der Waals surface area (Å²) in [5, 5.41) is 14.3. The zero-order valence-corrected chi connectivity index (χ0v) is 6.82. The van der Waals surface area contributed by atoms with E-state index in [1.807, 2.05) is 0 Å². The van der Waals surface area contributed by atoms with Crippen LogP contribution in [0.1, 0.15) is 0 Å². The summed E-state index contributed by atoms with van der Waals surface area (Å²) in [7, 11) is 0. The SMILES string of the molecule is OC1=CSCC2=C1NCC=C2. The van der Waals surface area contributed by atoms with Crippen LogP contribution in [0.2, 0.25) is 0 Å². The van der Waals surface area contributed by atoms with Crippen LogP contribution in [0.15, 0.2) is 34.6 Å². The van der Waals surface area contributed by atoms with Crippen LogP contribution in [0.5, 0.6) is 0 Å². The van der Waals surface area contributed by atoms with Gasteiger partial charge in [0.2, 0.25) is 0 Å². The summed E-state index contributed by atoms with van der Waals surface area (Å²) < 4.78 is 0. The predicted molar refractivity (Wildman–Crippen MR) is 47.3 cm³/mol. The molecule has 0 fully saturated rings. The average molecular weight is 167 g/mol. The third-order valence-electron chi connectivity index (χ3n) is 1.73. The third kappa shape index (κ3) is 1.16. The van der Waals surface area contributed by atoms with Gasteiger partial charge in [0, 0.05) is 17.7 Å². The Balaban J connectivity index is 2.37. The van der Waals surface area contributed by atoms with E-state index in [1.54, 1.807) is 17.2 Å². The molecular formula is C8H9NOS. The van der Waals surface area contributed by atoms with Crippen molar-refractivity contribution in [1.29, 1.82) is 0 Å². The second-order valence-corrected chi connectivity index (χ2v) is 3.36. The average Bonchev–Trinajstić information content (AvgIpc) is 2.06. The lowest BCUT2D eigenvalue weighted by Crippen LogP contribution is -2.22. The lowest BCUT2D eigenvalue weighted by molar-refractivity contribution is 0.415. The number of nitrogens with one attached hydrogen (secondary N) is 1. The van der Waals surface area contributed by atoms with Gasteiger partial charge in [-0.2, -0.15) is 0 Å². The molecule has 2 aliphatic heterocycles. The summed E-state index contributed by atoms with van der Waals surface area (Å²) in [4.78, 5) is 0. The normalized spacial score (nSPS) is 22.4. The van der Waals surface area contributed by atoms with Crippen LogP contribution in [0.4, 0.5) is 0 Å². The molecule has 0 spiro atoms. The summed E-state index contributed by atoms with van der Waals surface area (Å²) in [6.07, 6.45) is 4.14. The van der Waals surface area contributed by atoms with E-state index in [1.165, 1.54) is 5.57 Å². The van der Waals surface area contributed by atoms with Crippen LogP contribution < -0.4 is 5.32 Å². The number of allylic oxidation sites excluding steroid dienone is 1. The van der Waals surface area contributed by atoms with Gasteiger partial charge in [-0.05, 0) is 5.57 Å². The second-order valence-electron chi connectivity index (χ2n) is 2.50. The standard InChI is InChI=1S/C8H9NOS/c10-7-5-11-4-6-2-1-3-9-8(6)7/h1-2,5,9-10H,3-4H2. The Kier molecular flexibility index (Phi) is 1.66. The molecule has 3 heteroatoms. The van der Waals surface area contributed by atoms with Gasteiger partial charge in [0.15, 0.2) is 0 Å². The van der Waals surface area contributed by atoms with Crippen molar-refractivity contribution in [3.05, 3.63) is 34.6 Å².